The third-order valence-corrected chi connectivity index (χ3v) is 2.13. The highest BCUT2D eigenvalue weighted by Gasteiger charge is 2.36. The molecule has 0 amide bonds. The van der Waals surface area contributed by atoms with Crippen molar-refractivity contribution < 1.29 is 13.2 Å². The van der Waals surface area contributed by atoms with E-state index in [1.807, 2.05) is 0 Å². The number of rotatable bonds is 0. The van der Waals surface area contributed by atoms with Gasteiger partial charge in [-0.1, -0.05) is 0 Å². The number of anilines is 1. The Balaban J connectivity index is 2.80. The van der Waals surface area contributed by atoms with Gasteiger partial charge in [0.25, 0.3) is 0 Å². The maximum absolute atomic E-state index is 12.6. The molecule has 1 aromatic heterocycles. The zero-order chi connectivity index (χ0) is 11.2. The molecule has 80 valence electrons. The predicted molar refractivity (Wildman–Crippen MR) is 50.1 cm³/mol. The van der Waals surface area contributed by atoms with Gasteiger partial charge in [-0.25, -0.2) is 0 Å². The van der Waals surface area contributed by atoms with Gasteiger partial charge in [-0.2, -0.15) is 18.3 Å². The molecular weight excluding hydrogens is 207 g/mol. The number of aromatic nitrogens is 2. The van der Waals surface area contributed by atoms with Crippen molar-refractivity contribution in [1.29, 1.82) is 0 Å². The van der Waals surface area contributed by atoms with Crippen molar-refractivity contribution in [3.63, 3.8) is 0 Å². The molecule has 2 rings (SSSR count). The summed E-state index contributed by atoms with van der Waals surface area (Å²) in [7, 11) is 1.26. The van der Waals surface area contributed by atoms with Crippen LogP contribution in [0.5, 0.6) is 0 Å². The fourth-order valence-electron chi connectivity index (χ4n) is 1.55. The van der Waals surface area contributed by atoms with Crippen LogP contribution in [0.3, 0.4) is 0 Å². The quantitative estimate of drug-likeness (QED) is 0.684. The molecule has 0 aliphatic rings. The highest BCUT2D eigenvalue weighted by Crippen LogP contribution is 2.34. The molecule has 0 fully saturated rings. The molecule has 0 unspecified atom stereocenters. The molecule has 2 aromatic rings. The molecule has 0 atom stereocenters. The summed E-state index contributed by atoms with van der Waals surface area (Å²) < 4.78 is 38.7. The van der Waals surface area contributed by atoms with Gasteiger partial charge in [0.05, 0.1) is 5.52 Å². The second-order valence-corrected chi connectivity index (χ2v) is 3.25. The Morgan fingerprint density at radius 3 is 2.60 bits per heavy atom. The normalized spacial score (nSPS) is 12.3. The Labute approximate surface area is 83.3 Å². The summed E-state index contributed by atoms with van der Waals surface area (Å²) in [5.41, 5.74) is 5.36. The van der Waals surface area contributed by atoms with Gasteiger partial charge in [-0.3, -0.25) is 4.68 Å². The smallest absolute Gasteiger partial charge is 0.399 e. The van der Waals surface area contributed by atoms with E-state index in [0.29, 0.717) is 5.69 Å². The van der Waals surface area contributed by atoms with E-state index in [2.05, 4.69) is 5.10 Å². The van der Waals surface area contributed by atoms with Crippen molar-refractivity contribution in [2.45, 2.75) is 6.18 Å². The van der Waals surface area contributed by atoms with Gasteiger partial charge in [0.15, 0.2) is 0 Å². The van der Waals surface area contributed by atoms with E-state index in [1.165, 1.54) is 25.2 Å². The van der Waals surface area contributed by atoms with Crippen LogP contribution in [0.1, 0.15) is 5.69 Å². The molecule has 3 nitrogen and oxygen atoms in total. The zero-order valence-corrected chi connectivity index (χ0v) is 7.84. The summed E-state index contributed by atoms with van der Waals surface area (Å²) in [6.07, 6.45) is -4.40. The molecule has 2 N–H and O–H groups in total. The number of nitrogens with zero attached hydrogens (tertiary/aromatic N) is 2. The number of hydrogen-bond donors (Lipinski definition) is 1. The van der Waals surface area contributed by atoms with Crippen LogP contribution in [0.25, 0.3) is 10.9 Å². The number of hydrogen-bond acceptors (Lipinski definition) is 2. The molecule has 0 aliphatic heterocycles. The summed E-state index contributed by atoms with van der Waals surface area (Å²) in [4.78, 5) is 0. The van der Waals surface area contributed by atoms with Crippen LogP contribution >= 0.6 is 0 Å². The molecule has 0 spiro atoms. The first kappa shape index (κ1) is 9.82. The molecular formula is C9H8F3N3. The lowest BCUT2D eigenvalue weighted by Gasteiger charge is -2.06. The molecule has 0 aliphatic carbocycles. The molecule has 0 saturated heterocycles. The number of fused-ring (bicyclic) bond motifs is 1. The van der Waals surface area contributed by atoms with Crippen molar-refractivity contribution in [2.24, 2.45) is 7.05 Å². The molecule has 6 heteroatoms. The fourth-order valence-corrected chi connectivity index (χ4v) is 1.55. The third-order valence-electron chi connectivity index (χ3n) is 2.13. The van der Waals surface area contributed by atoms with Crippen molar-refractivity contribution in [3.05, 3.63) is 23.9 Å². The largest absolute Gasteiger partial charge is 0.433 e. The monoisotopic (exact) mass is 215 g/mol. The van der Waals surface area contributed by atoms with E-state index in [-0.39, 0.29) is 10.9 Å². The second kappa shape index (κ2) is 2.88. The second-order valence-electron chi connectivity index (χ2n) is 3.25. The highest BCUT2D eigenvalue weighted by atomic mass is 19.4. The standard InChI is InChI=1S/C9H8F3N3/c1-15-8(9(10,11)12)6-3-2-5(13)4-7(6)14-15/h2-4H,13H2,1H3. The summed E-state index contributed by atoms with van der Waals surface area (Å²) >= 11 is 0. The minimum atomic E-state index is -4.40. The van der Waals surface area contributed by atoms with Crippen LogP contribution in [-0.4, -0.2) is 9.78 Å². The van der Waals surface area contributed by atoms with Gasteiger partial charge >= 0.3 is 6.18 Å². The summed E-state index contributed by atoms with van der Waals surface area (Å²) in [5, 5.41) is 3.83. The van der Waals surface area contributed by atoms with Crippen molar-refractivity contribution >= 4 is 16.6 Å². The first-order valence-corrected chi connectivity index (χ1v) is 4.19. The fraction of sp³-hybridized carbons (Fsp3) is 0.222. The lowest BCUT2D eigenvalue weighted by molar-refractivity contribution is -0.142. The van der Waals surface area contributed by atoms with E-state index in [9.17, 15) is 13.2 Å². The molecule has 1 heterocycles. The van der Waals surface area contributed by atoms with Gasteiger partial charge < -0.3 is 5.73 Å². The van der Waals surface area contributed by atoms with Gasteiger partial charge in [-0.05, 0) is 18.2 Å². The number of nitrogens with two attached hydrogens (primary N) is 1. The lowest BCUT2D eigenvalue weighted by atomic mass is 10.2. The minimum Gasteiger partial charge on any atom is -0.399 e. The van der Waals surface area contributed by atoms with Crippen molar-refractivity contribution in [2.75, 3.05) is 5.73 Å². The number of alkyl halides is 3. The van der Waals surface area contributed by atoms with E-state index in [0.717, 1.165) is 4.68 Å². The number of aryl methyl sites for hydroxylation is 1. The minimum absolute atomic E-state index is 0.0687. The molecule has 1 aromatic carbocycles. The molecule has 0 radical (unpaired) electrons. The number of halogens is 3. The van der Waals surface area contributed by atoms with Gasteiger partial charge in [-0.15, -0.1) is 0 Å². The average Bonchev–Trinajstić information content (AvgIpc) is 2.38. The highest BCUT2D eigenvalue weighted by molar-refractivity contribution is 5.84. The zero-order valence-electron chi connectivity index (χ0n) is 7.84. The Morgan fingerprint density at radius 2 is 2.00 bits per heavy atom. The summed E-state index contributed by atoms with van der Waals surface area (Å²) in [6.45, 7) is 0. The van der Waals surface area contributed by atoms with Gasteiger partial charge in [0, 0.05) is 18.1 Å². The Kier molecular flexibility index (Phi) is 1.89. The Bertz CT molecular complexity index is 513. The maximum Gasteiger partial charge on any atom is 0.433 e. The van der Waals surface area contributed by atoms with E-state index in [1.54, 1.807) is 0 Å². The molecule has 15 heavy (non-hydrogen) atoms. The van der Waals surface area contributed by atoms with Gasteiger partial charge in [0.2, 0.25) is 0 Å². The predicted octanol–water partition coefficient (Wildman–Crippen LogP) is 2.17. The molecule has 0 bridgehead atoms. The van der Waals surface area contributed by atoms with Crippen LogP contribution in [0.4, 0.5) is 18.9 Å². The van der Waals surface area contributed by atoms with Crippen LogP contribution in [0.15, 0.2) is 18.2 Å². The van der Waals surface area contributed by atoms with E-state index in [4.69, 9.17) is 5.73 Å². The van der Waals surface area contributed by atoms with Crippen molar-refractivity contribution in [1.82, 2.24) is 9.78 Å². The summed E-state index contributed by atoms with van der Waals surface area (Å²) in [6, 6.07) is 4.18. The third kappa shape index (κ3) is 1.51. The average molecular weight is 215 g/mol. The Hall–Kier alpha value is -1.72. The SMILES string of the molecule is Cn1nc2cc(N)ccc2c1C(F)(F)F. The van der Waals surface area contributed by atoms with Crippen LogP contribution < -0.4 is 5.73 Å². The molecule has 0 saturated carbocycles. The van der Waals surface area contributed by atoms with Gasteiger partial charge in [0.1, 0.15) is 5.69 Å². The number of benzene rings is 1. The summed E-state index contributed by atoms with van der Waals surface area (Å²) in [5.74, 6) is 0. The van der Waals surface area contributed by atoms with Crippen LogP contribution in [0, 0.1) is 0 Å². The number of nitrogen functional groups attached to an aromatic ring is 1. The maximum atomic E-state index is 12.6. The first-order valence-electron chi connectivity index (χ1n) is 4.19. The van der Waals surface area contributed by atoms with Crippen LogP contribution in [0.2, 0.25) is 0 Å². The van der Waals surface area contributed by atoms with Crippen molar-refractivity contribution in [3.8, 4) is 0 Å². The topological polar surface area (TPSA) is 43.8 Å². The van der Waals surface area contributed by atoms with Crippen LogP contribution in [-0.2, 0) is 13.2 Å². The van der Waals surface area contributed by atoms with E-state index >= 15 is 0 Å². The lowest BCUT2D eigenvalue weighted by Crippen LogP contribution is -2.11. The van der Waals surface area contributed by atoms with E-state index < -0.39 is 11.9 Å². The Morgan fingerprint density at radius 1 is 1.33 bits per heavy atom. The first-order chi connectivity index (χ1) is 6.89.